The van der Waals surface area contributed by atoms with Crippen LogP contribution in [0, 0.1) is 0 Å². The lowest BCUT2D eigenvalue weighted by molar-refractivity contribution is 0.151. The number of alkyl carbamates (subject to hydrolysis) is 1. The Morgan fingerprint density at radius 3 is 2.20 bits per heavy atom. The summed E-state index contributed by atoms with van der Waals surface area (Å²) in [6, 6.07) is 0. The molecule has 0 saturated carbocycles. The van der Waals surface area contributed by atoms with Crippen LogP contribution in [0.25, 0.3) is 0 Å². The van der Waals surface area contributed by atoms with E-state index in [0.29, 0.717) is 0 Å². The zero-order valence-electron chi connectivity index (χ0n) is 4.66. The number of primary amides is 1. The largest absolute Gasteiger partial charge is 0.465 e. The van der Waals surface area contributed by atoms with Crippen LogP contribution in [0.3, 0.4) is 0 Å². The van der Waals surface area contributed by atoms with Crippen molar-refractivity contribution >= 4 is 18.3 Å². The van der Waals surface area contributed by atoms with E-state index in [-0.39, 0.29) is 0 Å². The Balaban J connectivity index is 3.65. The van der Waals surface area contributed by atoms with E-state index in [0.717, 1.165) is 0 Å². The van der Waals surface area contributed by atoms with Crippen molar-refractivity contribution in [3.63, 3.8) is 0 Å². The molecule has 0 aromatic carbocycles. The molecule has 0 fully saturated rings. The molecule has 56 valence electrons. The Bertz CT molecular complexity index is 158. The van der Waals surface area contributed by atoms with E-state index in [1.165, 1.54) is 5.32 Å². The summed E-state index contributed by atoms with van der Waals surface area (Å²) in [5, 5.41) is 9.06. The Kier molecular flexibility index (Phi) is 2.69. The standard InChI is InChI=1S/C3H4N2O5/c4-1(6)10-3(9)5-2(7)8/h(H2,4,6)(H,5,9)(H,7,8). The van der Waals surface area contributed by atoms with Gasteiger partial charge in [-0.3, -0.25) is 0 Å². The van der Waals surface area contributed by atoms with Gasteiger partial charge >= 0.3 is 18.3 Å². The van der Waals surface area contributed by atoms with Gasteiger partial charge in [-0.2, -0.15) is 0 Å². The van der Waals surface area contributed by atoms with E-state index < -0.39 is 18.3 Å². The molecule has 0 radical (unpaired) electrons. The van der Waals surface area contributed by atoms with Crippen LogP contribution in [0.2, 0.25) is 0 Å². The van der Waals surface area contributed by atoms with Gasteiger partial charge in [0.05, 0.1) is 0 Å². The zero-order valence-corrected chi connectivity index (χ0v) is 4.66. The van der Waals surface area contributed by atoms with E-state index in [1.54, 1.807) is 0 Å². The van der Waals surface area contributed by atoms with Crippen LogP contribution in [0.1, 0.15) is 0 Å². The Morgan fingerprint density at radius 2 is 1.90 bits per heavy atom. The number of rotatable bonds is 0. The van der Waals surface area contributed by atoms with Crippen molar-refractivity contribution < 1.29 is 24.2 Å². The van der Waals surface area contributed by atoms with Gasteiger partial charge in [0.15, 0.2) is 0 Å². The third-order valence-corrected chi connectivity index (χ3v) is 0.402. The number of nitrogens with two attached hydrogens (primary N) is 1. The highest BCUT2D eigenvalue weighted by molar-refractivity contribution is 5.91. The molecular formula is C3H4N2O5. The summed E-state index contributed by atoms with van der Waals surface area (Å²) in [6.07, 6.45) is -4.40. The Labute approximate surface area is 54.8 Å². The zero-order chi connectivity index (χ0) is 8.15. The second-order valence-corrected chi connectivity index (χ2v) is 1.14. The van der Waals surface area contributed by atoms with Crippen molar-refractivity contribution in [2.24, 2.45) is 5.73 Å². The van der Waals surface area contributed by atoms with Crippen molar-refractivity contribution in [2.45, 2.75) is 0 Å². The lowest BCUT2D eigenvalue weighted by Gasteiger charge is -1.95. The molecule has 0 saturated heterocycles. The first kappa shape index (κ1) is 8.21. The molecule has 0 aliphatic heterocycles. The molecular weight excluding hydrogens is 144 g/mol. The molecule has 4 N–H and O–H groups in total. The average Bonchev–Trinajstić information content (AvgIpc) is 1.58. The van der Waals surface area contributed by atoms with Crippen LogP contribution in [0.15, 0.2) is 0 Å². The molecule has 0 atom stereocenters. The van der Waals surface area contributed by atoms with Gasteiger partial charge in [-0.05, 0) is 0 Å². The van der Waals surface area contributed by atoms with E-state index in [2.05, 4.69) is 10.5 Å². The van der Waals surface area contributed by atoms with Crippen molar-refractivity contribution in [1.29, 1.82) is 0 Å². The van der Waals surface area contributed by atoms with Crippen molar-refractivity contribution in [3.8, 4) is 0 Å². The van der Waals surface area contributed by atoms with Crippen LogP contribution in [0.5, 0.6) is 0 Å². The summed E-state index contributed by atoms with van der Waals surface area (Å²) in [5.74, 6) is 0. The summed E-state index contributed by atoms with van der Waals surface area (Å²) >= 11 is 0. The number of imide groups is 1. The molecule has 3 amide bonds. The molecule has 0 aromatic rings. The van der Waals surface area contributed by atoms with Crippen LogP contribution in [-0.2, 0) is 4.74 Å². The predicted molar refractivity (Wildman–Crippen MR) is 27.2 cm³/mol. The number of hydrogen-bond acceptors (Lipinski definition) is 4. The lowest BCUT2D eigenvalue weighted by atomic mass is 11.0. The Morgan fingerprint density at radius 1 is 1.40 bits per heavy atom. The molecule has 0 aliphatic rings. The average molecular weight is 148 g/mol. The van der Waals surface area contributed by atoms with Crippen molar-refractivity contribution in [2.75, 3.05) is 0 Å². The number of carbonyl (C=O) groups excluding carboxylic acids is 2. The van der Waals surface area contributed by atoms with Crippen LogP contribution >= 0.6 is 0 Å². The number of nitrogens with one attached hydrogen (secondary N) is 1. The minimum Gasteiger partial charge on any atom is -0.465 e. The molecule has 7 nitrogen and oxygen atoms in total. The smallest absolute Gasteiger partial charge is 0.425 e. The SMILES string of the molecule is NC(=O)OC(=O)NC(=O)O. The first-order valence-electron chi connectivity index (χ1n) is 2.03. The fourth-order valence-corrected chi connectivity index (χ4v) is 0.204. The molecule has 0 heterocycles. The quantitative estimate of drug-likeness (QED) is 0.399. The van der Waals surface area contributed by atoms with E-state index in [4.69, 9.17) is 5.11 Å². The summed E-state index contributed by atoms with van der Waals surface area (Å²) in [7, 11) is 0. The highest BCUT2D eigenvalue weighted by Crippen LogP contribution is 1.75. The summed E-state index contributed by atoms with van der Waals surface area (Å²) < 4.78 is 3.57. The van der Waals surface area contributed by atoms with Gasteiger partial charge in [0, 0.05) is 0 Å². The van der Waals surface area contributed by atoms with Crippen molar-refractivity contribution in [3.05, 3.63) is 0 Å². The number of hydrogen-bond donors (Lipinski definition) is 3. The third-order valence-electron chi connectivity index (χ3n) is 0.402. The highest BCUT2D eigenvalue weighted by Gasteiger charge is 2.08. The van der Waals surface area contributed by atoms with Crippen LogP contribution in [0.4, 0.5) is 14.4 Å². The van der Waals surface area contributed by atoms with Crippen LogP contribution < -0.4 is 11.1 Å². The van der Waals surface area contributed by atoms with Gasteiger partial charge in [0.25, 0.3) is 0 Å². The summed E-state index contributed by atoms with van der Waals surface area (Å²) in [5.41, 5.74) is 4.35. The second-order valence-electron chi connectivity index (χ2n) is 1.14. The maximum Gasteiger partial charge on any atom is 0.425 e. The third kappa shape index (κ3) is 4.37. The molecule has 0 aliphatic carbocycles. The first-order chi connectivity index (χ1) is 4.52. The summed E-state index contributed by atoms with van der Waals surface area (Å²) in [6.45, 7) is 0. The number of ether oxygens (including phenoxy) is 1. The van der Waals surface area contributed by atoms with Gasteiger partial charge in [0.2, 0.25) is 0 Å². The minimum atomic E-state index is -1.62. The molecule has 0 spiro atoms. The molecule has 0 rings (SSSR count). The van der Waals surface area contributed by atoms with Gasteiger partial charge < -0.3 is 15.6 Å². The maximum absolute atomic E-state index is 10.0. The predicted octanol–water partition coefficient (Wildman–Crippen LogP) is -0.531. The van der Waals surface area contributed by atoms with E-state index in [9.17, 15) is 14.4 Å². The maximum atomic E-state index is 10.0. The number of carboxylic acid groups (broad SMARTS) is 1. The molecule has 10 heavy (non-hydrogen) atoms. The fraction of sp³-hybridized carbons (Fsp3) is 0. The normalized spacial score (nSPS) is 8.00. The highest BCUT2D eigenvalue weighted by atomic mass is 16.6. The summed E-state index contributed by atoms with van der Waals surface area (Å²) in [4.78, 5) is 29.4. The molecule has 7 heteroatoms. The molecule has 0 unspecified atom stereocenters. The molecule has 0 bridgehead atoms. The number of amides is 3. The Hall–Kier alpha value is -1.79. The minimum absolute atomic E-state index is 1.23. The van der Waals surface area contributed by atoms with Crippen molar-refractivity contribution in [1.82, 2.24) is 5.32 Å². The van der Waals surface area contributed by atoms with E-state index in [1.807, 2.05) is 0 Å². The lowest BCUT2D eigenvalue weighted by Crippen LogP contribution is -2.32. The monoisotopic (exact) mass is 148 g/mol. The van der Waals surface area contributed by atoms with Gasteiger partial charge in [-0.25, -0.2) is 19.7 Å². The first-order valence-corrected chi connectivity index (χ1v) is 2.03. The van der Waals surface area contributed by atoms with Gasteiger partial charge in [-0.15, -0.1) is 0 Å². The van der Waals surface area contributed by atoms with E-state index >= 15 is 0 Å². The van der Waals surface area contributed by atoms with Crippen LogP contribution in [-0.4, -0.2) is 23.4 Å². The van der Waals surface area contributed by atoms with Gasteiger partial charge in [-0.1, -0.05) is 0 Å². The molecule has 0 aromatic heterocycles. The van der Waals surface area contributed by atoms with Gasteiger partial charge in [0.1, 0.15) is 0 Å². The topological polar surface area (TPSA) is 119 Å². The fourth-order valence-electron chi connectivity index (χ4n) is 0.204. The number of carbonyl (C=O) groups is 3. The second kappa shape index (κ2) is 3.28.